The van der Waals surface area contributed by atoms with Crippen LogP contribution in [0.2, 0.25) is 0 Å². The van der Waals surface area contributed by atoms with Crippen molar-refractivity contribution < 1.29 is 0 Å². The van der Waals surface area contributed by atoms with Crippen LogP contribution in [0.5, 0.6) is 0 Å². The maximum Gasteiger partial charge on any atom is 0.0494 e. The van der Waals surface area contributed by atoms with E-state index in [2.05, 4.69) is 29.8 Å². The van der Waals surface area contributed by atoms with E-state index < -0.39 is 0 Å². The molecule has 1 aliphatic heterocycles. The van der Waals surface area contributed by atoms with Gasteiger partial charge in [0.2, 0.25) is 0 Å². The van der Waals surface area contributed by atoms with Gasteiger partial charge in [-0.05, 0) is 50.9 Å². The molecule has 0 bridgehead atoms. The Kier molecular flexibility index (Phi) is 4.36. The van der Waals surface area contributed by atoms with Gasteiger partial charge in [-0.25, -0.2) is 0 Å². The van der Waals surface area contributed by atoms with Gasteiger partial charge in [0.1, 0.15) is 0 Å². The molecular weight excluding hydrogens is 222 g/mol. The smallest absolute Gasteiger partial charge is 0.0494 e. The van der Waals surface area contributed by atoms with Gasteiger partial charge in [0.05, 0.1) is 0 Å². The molecule has 1 saturated heterocycles. The largest absolute Gasteiger partial charge is 0.322 e. The van der Waals surface area contributed by atoms with Crippen LogP contribution in [0.3, 0.4) is 0 Å². The molecule has 1 aliphatic rings. The van der Waals surface area contributed by atoms with Gasteiger partial charge in [0.25, 0.3) is 0 Å². The maximum absolute atomic E-state index is 6.53. The van der Waals surface area contributed by atoms with Gasteiger partial charge >= 0.3 is 0 Å². The normalized spacial score (nSPS) is 22.4. The van der Waals surface area contributed by atoms with E-state index >= 15 is 0 Å². The van der Waals surface area contributed by atoms with Crippen molar-refractivity contribution in [2.24, 2.45) is 5.73 Å². The Hall–Kier alpha value is -0.930. The van der Waals surface area contributed by atoms with Gasteiger partial charge in [-0.1, -0.05) is 19.4 Å². The third-order valence-corrected chi connectivity index (χ3v) is 4.51. The molecule has 3 heteroatoms. The van der Waals surface area contributed by atoms with E-state index in [-0.39, 0.29) is 11.6 Å². The van der Waals surface area contributed by atoms with Crippen LogP contribution in [0.25, 0.3) is 0 Å². The Bertz CT molecular complexity index is 359. The van der Waals surface area contributed by atoms with Crippen molar-refractivity contribution in [3.63, 3.8) is 0 Å². The molecule has 2 heterocycles. The van der Waals surface area contributed by atoms with Crippen molar-refractivity contribution in [3.8, 4) is 0 Å². The molecule has 100 valence electrons. The van der Waals surface area contributed by atoms with Crippen molar-refractivity contribution in [3.05, 3.63) is 30.1 Å². The summed E-state index contributed by atoms with van der Waals surface area (Å²) in [5.41, 5.74) is 7.72. The van der Waals surface area contributed by atoms with Crippen LogP contribution in [0.1, 0.15) is 51.1 Å². The quantitative estimate of drug-likeness (QED) is 0.889. The first kappa shape index (κ1) is 13.5. The number of nitrogens with zero attached hydrogens (tertiary/aromatic N) is 2. The zero-order valence-electron chi connectivity index (χ0n) is 11.6. The number of rotatable bonds is 4. The second-order valence-electron chi connectivity index (χ2n) is 5.52. The maximum atomic E-state index is 6.53. The summed E-state index contributed by atoms with van der Waals surface area (Å²) in [6, 6.07) is 4.10. The molecule has 18 heavy (non-hydrogen) atoms. The zero-order chi connectivity index (χ0) is 13.0. The number of aromatic nitrogens is 1. The fraction of sp³-hybridized carbons (Fsp3) is 0.667. The molecule has 2 atom stereocenters. The van der Waals surface area contributed by atoms with Crippen molar-refractivity contribution in [1.29, 1.82) is 0 Å². The monoisotopic (exact) mass is 247 g/mol. The van der Waals surface area contributed by atoms with Gasteiger partial charge in [-0.15, -0.1) is 0 Å². The Morgan fingerprint density at radius 3 is 2.67 bits per heavy atom. The molecule has 2 rings (SSSR count). The van der Waals surface area contributed by atoms with Crippen molar-refractivity contribution >= 4 is 0 Å². The fourth-order valence-electron chi connectivity index (χ4n) is 2.96. The average Bonchev–Trinajstić information content (AvgIpc) is 2.47. The molecular formula is C15H25N3. The topological polar surface area (TPSA) is 42.1 Å². The van der Waals surface area contributed by atoms with Crippen molar-refractivity contribution in [2.75, 3.05) is 13.1 Å². The second-order valence-corrected chi connectivity index (χ2v) is 5.52. The minimum atomic E-state index is 0.0364. The lowest BCUT2D eigenvalue weighted by Crippen LogP contribution is -2.54. The highest BCUT2D eigenvalue weighted by Crippen LogP contribution is 2.34. The number of pyridine rings is 1. The minimum absolute atomic E-state index is 0.0364. The number of likely N-dealkylation sites (tertiary alicyclic amines) is 1. The van der Waals surface area contributed by atoms with E-state index in [0.717, 1.165) is 12.0 Å². The molecule has 0 aliphatic carbocycles. The molecule has 0 radical (unpaired) electrons. The number of hydrogen-bond donors (Lipinski definition) is 1. The van der Waals surface area contributed by atoms with Crippen LogP contribution in [0, 0.1) is 0 Å². The van der Waals surface area contributed by atoms with Crippen LogP contribution < -0.4 is 5.73 Å². The average molecular weight is 247 g/mol. The molecule has 0 spiro atoms. The van der Waals surface area contributed by atoms with Gasteiger partial charge in [-0.3, -0.25) is 9.88 Å². The van der Waals surface area contributed by atoms with Crippen molar-refractivity contribution in [1.82, 2.24) is 9.88 Å². The van der Waals surface area contributed by atoms with Crippen LogP contribution in [0.4, 0.5) is 0 Å². The fourth-order valence-corrected chi connectivity index (χ4v) is 2.96. The summed E-state index contributed by atoms with van der Waals surface area (Å²) in [7, 11) is 0. The molecule has 0 amide bonds. The van der Waals surface area contributed by atoms with Crippen LogP contribution in [-0.2, 0) is 0 Å². The third-order valence-electron chi connectivity index (χ3n) is 4.51. The van der Waals surface area contributed by atoms with Gasteiger partial charge < -0.3 is 5.73 Å². The number of hydrogen-bond acceptors (Lipinski definition) is 3. The summed E-state index contributed by atoms with van der Waals surface area (Å²) < 4.78 is 0. The molecule has 0 aromatic carbocycles. The molecule has 0 saturated carbocycles. The van der Waals surface area contributed by atoms with E-state index in [4.69, 9.17) is 5.73 Å². The lowest BCUT2D eigenvalue weighted by molar-refractivity contribution is 0.0542. The Morgan fingerprint density at radius 2 is 2.11 bits per heavy atom. The van der Waals surface area contributed by atoms with Gasteiger partial charge in [0, 0.05) is 24.0 Å². The van der Waals surface area contributed by atoms with Crippen LogP contribution in [0.15, 0.2) is 24.5 Å². The second kappa shape index (κ2) is 5.81. The van der Waals surface area contributed by atoms with Gasteiger partial charge in [0.15, 0.2) is 0 Å². The summed E-state index contributed by atoms with van der Waals surface area (Å²) in [4.78, 5) is 6.78. The van der Waals surface area contributed by atoms with Gasteiger partial charge in [-0.2, -0.15) is 0 Å². The molecule has 1 fully saturated rings. The predicted octanol–water partition coefficient (Wildman–Crippen LogP) is 2.74. The van der Waals surface area contributed by atoms with Crippen LogP contribution in [-0.4, -0.2) is 28.5 Å². The minimum Gasteiger partial charge on any atom is -0.322 e. The number of nitrogens with two attached hydrogens (primary N) is 1. The summed E-state index contributed by atoms with van der Waals surface area (Å²) in [6.07, 6.45) is 8.75. The third kappa shape index (κ3) is 2.57. The Balaban J connectivity index is 2.20. The summed E-state index contributed by atoms with van der Waals surface area (Å²) in [6.45, 7) is 6.90. The highest BCUT2D eigenvalue weighted by molar-refractivity contribution is 5.18. The molecule has 3 nitrogen and oxygen atoms in total. The SMILES string of the molecule is CCC(C)(C(N)c1cccnc1)N1CCCCC1. The van der Waals surface area contributed by atoms with E-state index in [9.17, 15) is 0 Å². The van der Waals surface area contributed by atoms with Crippen LogP contribution >= 0.6 is 0 Å². The molecule has 1 aromatic rings. The molecule has 2 unspecified atom stereocenters. The zero-order valence-corrected chi connectivity index (χ0v) is 11.6. The first-order valence-corrected chi connectivity index (χ1v) is 7.09. The van der Waals surface area contributed by atoms with Crippen molar-refractivity contribution in [2.45, 2.75) is 51.1 Å². The highest BCUT2D eigenvalue weighted by Gasteiger charge is 2.37. The van der Waals surface area contributed by atoms with E-state index in [1.54, 1.807) is 6.20 Å². The summed E-state index contributed by atoms with van der Waals surface area (Å²) >= 11 is 0. The first-order valence-electron chi connectivity index (χ1n) is 7.09. The standard InChI is InChI=1S/C15H25N3/c1-3-15(2,18-10-5-4-6-11-18)14(16)13-8-7-9-17-12-13/h7-9,12,14H,3-6,10-11,16H2,1-2H3. The molecule has 2 N–H and O–H groups in total. The highest BCUT2D eigenvalue weighted by atomic mass is 15.2. The predicted molar refractivity (Wildman–Crippen MR) is 75.3 cm³/mol. The van der Waals surface area contributed by atoms with E-state index in [0.29, 0.717) is 0 Å². The lowest BCUT2D eigenvalue weighted by Gasteiger charge is -2.46. The lowest BCUT2D eigenvalue weighted by atomic mass is 9.83. The van der Waals surface area contributed by atoms with E-state index in [1.165, 1.54) is 32.4 Å². The number of piperidine rings is 1. The first-order chi connectivity index (χ1) is 8.68. The Morgan fingerprint density at radius 1 is 1.39 bits per heavy atom. The summed E-state index contributed by atoms with van der Waals surface area (Å²) in [5.74, 6) is 0. The Labute approximate surface area is 110 Å². The summed E-state index contributed by atoms with van der Waals surface area (Å²) in [5, 5.41) is 0. The molecule has 1 aromatic heterocycles. The van der Waals surface area contributed by atoms with E-state index in [1.807, 2.05) is 12.3 Å².